The van der Waals surface area contributed by atoms with Crippen LogP contribution in [0.5, 0.6) is 0 Å². The molecule has 166 valence electrons. The van der Waals surface area contributed by atoms with Gasteiger partial charge >= 0.3 is 11.2 Å². The molecule has 0 aliphatic heterocycles. The quantitative estimate of drug-likeness (QED) is 0.384. The molecule has 32 heavy (non-hydrogen) atoms. The lowest BCUT2D eigenvalue weighted by atomic mass is 9.91. The molecule has 0 fully saturated rings. The summed E-state index contributed by atoms with van der Waals surface area (Å²) >= 11 is 3.27. The summed E-state index contributed by atoms with van der Waals surface area (Å²) in [5.74, 6) is -4.44. The van der Waals surface area contributed by atoms with Gasteiger partial charge in [-0.2, -0.15) is 14.0 Å². The van der Waals surface area contributed by atoms with Gasteiger partial charge in [-0.3, -0.25) is 14.2 Å². The van der Waals surface area contributed by atoms with Crippen molar-refractivity contribution in [2.24, 2.45) is 11.8 Å². The van der Waals surface area contributed by atoms with Gasteiger partial charge in [-0.25, -0.2) is 4.98 Å². The van der Waals surface area contributed by atoms with E-state index in [1.54, 1.807) is 50.2 Å². The Hall–Kier alpha value is -2.77. The van der Waals surface area contributed by atoms with E-state index in [1.165, 1.54) is 10.8 Å². The molecule has 3 aromatic rings. The van der Waals surface area contributed by atoms with Crippen LogP contribution in [0.15, 0.2) is 52.4 Å². The van der Waals surface area contributed by atoms with Crippen LogP contribution in [0.3, 0.4) is 0 Å². The van der Waals surface area contributed by atoms with Gasteiger partial charge < -0.3 is 5.11 Å². The van der Waals surface area contributed by atoms with Gasteiger partial charge in [0.15, 0.2) is 5.16 Å². The standard InChI is InChI=1S/C22H18BrF2N3O3S/c1-12(2)16(20(30)31)9-18(29)22(24,25)32-21-27-11-19(23)28(21)17-8-7-13(10-26)14-5-3-4-6-15(14)17/h3-8,11-12,16H,9H2,1-2H3,(H,30,31)/t16-/m0/s1. The number of hydrogen-bond acceptors (Lipinski definition) is 5. The van der Waals surface area contributed by atoms with E-state index in [2.05, 4.69) is 27.0 Å². The third kappa shape index (κ3) is 4.69. The van der Waals surface area contributed by atoms with Crippen LogP contribution >= 0.6 is 27.7 Å². The van der Waals surface area contributed by atoms with Crippen LogP contribution in [-0.4, -0.2) is 31.7 Å². The fourth-order valence-electron chi connectivity index (χ4n) is 3.28. The summed E-state index contributed by atoms with van der Waals surface area (Å²) in [6.07, 6.45) is 0.554. The number of fused-ring (bicyclic) bond motifs is 1. The second-order valence-electron chi connectivity index (χ2n) is 7.42. The minimum absolute atomic E-state index is 0.0388. The lowest BCUT2D eigenvalue weighted by molar-refractivity contribution is -0.147. The second-order valence-corrected chi connectivity index (χ2v) is 9.32. The molecule has 1 aromatic heterocycles. The molecule has 0 aliphatic rings. The number of Topliss-reactive ketones (excluding diaryl/α,β-unsaturated/α-hetero) is 1. The number of nitriles is 1. The monoisotopic (exact) mass is 521 g/mol. The molecule has 0 saturated heterocycles. The van der Waals surface area contributed by atoms with Crippen molar-refractivity contribution in [2.75, 3.05) is 0 Å². The van der Waals surface area contributed by atoms with E-state index in [1.807, 2.05) is 0 Å². The zero-order valence-electron chi connectivity index (χ0n) is 17.1. The average Bonchev–Trinajstić information content (AvgIpc) is 3.09. The van der Waals surface area contributed by atoms with Gasteiger partial charge in [0.25, 0.3) is 0 Å². The molecule has 0 spiro atoms. The summed E-state index contributed by atoms with van der Waals surface area (Å²) in [7, 11) is 0. The largest absolute Gasteiger partial charge is 0.481 e. The van der Waals surface area contributed by atoms with E-state index in [0.29, 0.717) is 26.6 Å². The van der Waals surface area contributed by atoms with Crippen LogP contribution < -0.4 is 0 Å². The molecule has 0 radical (unpaired) electrons. The Morgan fingerprint density at radius 1 is 1.25 bits per heavy atom. The number of thioether (sulfide) groups is 1. The number of rotatable bonds is 8. The number of ketones is 1. The number of nitrogens with zero attached hydrogens (tertiary/aromatic N) is 3. The summed E-state index contributed by atoms with van der Waals surface area (Å²) in [6, 6.07) is 12.4. The van der Waals surface area contributed by atoms with Gasteiger partial charge in [-0.1, -0.05) is 38.1 Å². The van der Waals surface area contributed by atoms with Gasteiger partial charge in [0, 0.05) is 17.2 Å². The molecule has 1 atom stereocenters. The maximum absolute atomic E-state index is 14.8. The maximum Gasteiger partial charge on any atom is 0.358 e. The molecular weight excluding hydrogens is 504 g/mol. The molecule has 0 saturated carbocycles. The zero-order valence-corrected chi connectivity index (χ0v) is 19.5. The summed E-state index contributed by atoms with van der Waals surface area (Å²) in [5, 5.41) is 15.9. The number of alkyl halides is 2. The highest BCUT2D eigenvalue weighted by molar-refractivity contribution is 9.10. The van der Waals surface area contributed by atoms with Crippen LogP contribution in [0, 0.1) is 23.2 Å². The number of aromatic nitrogens is 2. The van der Waals surface area contributed by atoms with Crippen molar-refractivity contribution >= 4 is 50.2 Å². The number of hydrogen-bond donors (Lipinski definition) is 1. The highest BCUT2D eigenvalue weighted by atomic mass is 79.9. The second kappa shape index (κ2) is 9.38. The van der Waals surface area contributed by atoms with Crippen molar-refractivity contribution in [1.29, 1.82) is 5.26 Å². The van der Waals surface area contributed by atoms with Gasteiger partial charge in [0.1, 0.15) is 4.60 Å². The Balaban J connectivity index is 2.00. The Morgan fingerprint density at radius 3 is 2.50 bits per heavy atom. The fraction of sp³-hybridized carbons (Fsp3) is 0.273. The smallest absolute Gasteiger partial charge is 0.358 e. The van der Waals surface area contributed by atoms with Gasteiger partial charge in [-0.15, -0.1) is 0 Å². The molecule has 0 bridgehead atoms. The van der Waals surface area contributed by atoms with Crippen LogP contribution in [0.2, 0.25) is 0 Å². The first kappa shape index (κ1) is 23.9. The first-order valence-electron chi connectivity index (χ1n) is 9.55. The van der Waals surface area contributed by atoms with Crippen LogP contribution in [0.1, 0.15) is 25.8 Å². The average molecular weight is 522 g/mol. The maximum atomic E-state index is 14.8. The third-order valence-corrected chi connectivity index (χ3v) is 6.53. The van der Waals surface area contributed by atoms with Gasteiger partial charge in [0.05, 0.1) is 29.4 Å². The molecule has 3 rings (SSSR count). The van der Waals surface area contributed by atoms with E-state index in [9.17, 15) is 28.7 Å². The molecule has 1 N–H and O–H groups in total. The number of benzene rings is 2. The van der Waals surface area contributed by atoms with Gasteiger partial charge in [-0.05, 0) is 45.7 Å². The Bertz CT molecular complexity index is 1240. The minimum Gasteiger partial charge on any atom is -0.481 e. The Morgan fingerprint density at radius 2 is 1.91 bits per heavy atom. The van der Waals surface area contributed by atoms with Crippen molar-refractivity contribution in [1.82, 2.24) is 9.55 Å². The minimum atomic E-state index is -3.88. The highest BCUT2D eigenvalue weighted by Gasteiger charge is 2.43. The molecule has 0 aliphatic carbocycles. The predicted molar refractivity (Wildman–Crippen MR) is 120 cm³/mol. The zero-order chi connectivity index (χ0) is 23.6. The molecule has 6 nitrogen and oxygen atoms in total. The lowest BCUT2D eigenvalue weighted by Crippen LogP contribution is -2.31. The van der Waals surface area contributed by atoms with E-state index >= 15 is 0 Å². The fourth-order valence-corrected chi connectivity index (χ4v) is 4.68. The number of halogens is 3. The predicted octanol–water partition coefficient (Wildman–Crippen LogP) is 5.66. The van der Waals surface area contributed by atoms with Gasteiger partial charge in [0.2, 0.25) is 5.78 Å². The molecular formula is C22H18BrF2N3O3S. The summed E-state index contributed by atoms with van der Waals surface area (Å²) < 4.78 is 31.5. The van der Waals surface area contributed by atoms with Crippen molar-refractivity contribution in [3.8, 4) is 11.8 Å². The number of carboxylic acids is 1. The summed E-state index contributed by atoms with van der Waals surface area (Å²) in [4.78, 5) is 27.7. The molecule has 1 heterocycles. The van der Waals surface area contributed by atoms with Crippen LogP contribution in [-0.2, 0) is 9.59 Å². The number of carboxylic acid groups (broad SMARTS) is 1. The topological polar surface area (TPSA) is 96.0 Å². The summed E-state index contributed by atoms with van der Waals surface area (Å²) in [5.41, 5.74) is 0.934. The van der Waals surface area contributed by atoms with Crippen LogP contribution in [0.4, 0.5) is 8.78 Å². The highest BCUT2D eigenvalue weighted by Crippen LogP contribution is 2.41. The van der Waals surface area contributed by atoms with E-state index < -0.39 is 35.3 Å². The number of carbonyl (C=O) groups excluding carboxylic acids is 1. The number of carbonyl (C=O) groups is 2. The molecule has 0 amide bonds. The Labute approximate surface area is 195 Å². The lowest BCUT2D eigenvalue weighted by Gasteiger charge is -2.20. The number of aliphatic carboxylic acids is 1. The van der Waals surface area contributed by atoms with E-state index in [4.69, 9.17) is 0 Å². The first-order valence-corrected chi connectivity index (χ1v) is 11.2. The SMILES string of the molecule is CC(C)[C@H](CC(=O)C(F)(F)Sc1ncc(Br)n1-c1ccc(C#N)c2ccccc12)C(=O)O. The van der Waals surface area contributed by atoms with Crippen molar-refractivity contribution in [3.63, 3.8) is 0 Å². The number of imidazole rings is 1. The molecule has 2 aromatic carbocycles. The third-order valence-electron chi connectivity index (χ3n) is 5.02. The van der Waals surface area contributed by atoms with Crippen molar-refractivity contribution in [2.45, 2.75) is 30.7 Å². The Kier molecular flexibility index (Phi) is 7.00. The normalized spacial score (nSPS) is 12.7. The molecule has 10 heteroatoms. The van der Waals surface area contributed by atoms with Crippen molar-refractivity contribution < 1.29 is 23.5 Å². The van der Waals surface area contributed by atoms with E-state index in [0.717, 1.165) is 0 Å². The summed E-state index contributed by atoms with van der Waals surface area (Å²) in [6.45, 7) is 3.13. The van der Waals surface area contributed by atoms with E-state index in [-0.39, 0.29) is 16.9 Å². The van der Waals surface area contributed by atoms with Crippen LogP contribution in [0.25, 0.3) is 16.5 Å². The molecule has 0 unspecified atom stereocenters. The van der Waals surface area contributed by atoms with Crippen molar-refractivity contribution in [3.05, 3.63) is 52.8 Å². The first-order chi connectivity index (χ1) is 15.1.